The first-order valence-corrected chi connectivity index (χ1v) is 8.13. The van der Waals surface area contributed by atoms with Gasteiger partial charge in [-0.15, -0.1) is 23.1 Å². The van der Waals surface area contributed by atoms with Gasteiger partial charge in [0.25, 0.3) is 0 Å². The molecule has 19 heavy (non-hydrogen) atoms. The summed E-state index contributed by atoms with van der Waals surface area (Å²) in [4.78, 5) is 6.51. The Morgan fingerprint density at radius 2 is 2.16 bits per heavy atom. The van der Waals surface area contributed by atoms with E-state index in [0.717, 1.165) is 23.6 Å². The maximum Gasteiger partial charge on any atom is 0.123 e. The van der Waals surface area contributed by atoms with Gasteiger partial charge in [-0.05, 0) is 37.2 Å². The molecule has 0 amide bonds. The smallest absolute Gasteiger partial charge is 0.123 e. The fraction of sp³-hybridized carbons (Fsp3) is 0.357. The Bertz CT molecular complexity index is 471. The first-order valence-electron chi connectivity index (χ1n) is 6.27. The number of nitrogens with zero attached hydrogens (tertiary/aromatic N) is 1. The molecule has 0 saturated heterocycles. The zero-order valence-corrected chi connectivity index (χ0v) is 12.4. The van der Waals surface area contributed by atoms with Gasteiger partial charge in [-0.2, -0.15) is 0 Å². The van der Waals surface area contributed by atoms with Crippen LogP contribution in [0.15, 0.2) is 40.9 Å². The molecular formula is C14H17FN2S2. The molecule has 1 aromatic heterocycles. The summed E-state index contributed by atoms with van der Waals surface area (Å²) in [5.41, 5.74) is 1.87. The summed E-state index contributed by atoms with van der Waals surface area (Å²) in [7, 11) is 0. The van der Waals surface area contributed by atoms with Gasteiger partial charge < -0.3 is 5.32 Å². The Kier molecular flexibility index (Phi) is 5.82. The molecule has 0 spiro atoms. The molecule has 0 aliphatic carbocycles. The lowest BCUT2D eigenvalue weighted by atomic mass is 10.2. The second kappa shape index (κ2) is 7.62. The van der Waals surface area contributed by atoms with Crippen LogP contribution in [0.2, 0.25) is 0 Å². The molecule has 1 N–H and O–H groups in total. The fourth-order valence-corrected chi connectivity index (χ4v) is 3.43. The van der Waals surface area contributed by atoms with Crippen LogP contribution in [0.25, 0.3) is 0 Å². The van der Waals surface area contributed by atoms with Crippen molar-refractivity contribution >= 4 is 23.1 Å². The van der Waals surface area contributed by atoms with Gasteiger partial charge in [-0.25, -0.2) is 4.39 Å². The van der Waals surface area contributed by atoms with Crippen LogP contribution in [0.5, 0.6) is 0 Å². The molecule has 0 aliphatic heterocycles. The van der Waals surface area contributed by atoms with E-state index in [1.807, 2.05) is 23.8 Å². The van der Waals surface area contributed by atoms with Crippen molar-refractivity contribution in [3.8, 4) is 0 Å². The topological polar surface area (TPSA) is 24.9 Å². The molecule has 2 aromatic rings. The highest BCUT2D eigenvalue weighted by Gasteiger charge is 2.10. The van der Waals surface area contributed by atoms with Crippen molar-refractivity contribution in [2.45, 2.75) is 24.3 Å². The Morgan fingerprint density at radius 1 is 1.37 bits per heavy atom. The molecule has 0 radical (unpaired) electrons. The second-order valence-electron chi connectivity index (χ2n) is 4.19. The quantitative estimate of drug-likeness (QED) is 0.790. The van der Waals surface area contributed by atoms with Gasteiger partial charge in [0.15, 0.2) is 0 Å². The summed E-state index contributed by atoms with van der Waals surface area (Å²) >= 11 is 3.44. The molecule has 2 nitrogen and oxygen atoms in total. The molecule has 1 heterocycles. The molecule has 102 valence electrons. The molecule has 1 atom stereocenters. The first-order chi connectivity index (χ1) is 9.28. The zero-order valence-electron chi connectivity index (χ0n) is 10.8. The van der Waals surface area contributed by atoms with Crippen molar-refractivity contribution in [1.82, 2.24) is 10.3 Å². The van der Waals surface area contributed by atoms with E-state index in [0.29, 0.717) is 6.04 Å². The third kappa shape index (κ3) is 4.93. The van der Waals surface area contributed by atoms with Gasteiger partial charge in [0, 0.05) is 27.8 Å². The molecule has 0 saturated carbocycles. The van der Waals surface area contributed by atoms with Gasteiger partial charge in [0.05, 0.1) is 5.51 Å². The molecule has 0 fully saturated rings. The van der Waals surface area contributed by atoms with Crippen molar-refractivity contribution in [2.75, 3.05) is 12.3 Å². The van der Waals surface area contributed by atoms with E-state index in [1.54, 1.807) is 23.1 Å². The third-order valence-corrected chi connectivity index (χ3v) is 4.67. The molecular weight excluding hydrogens is 279 g/mol. The molecule has 0 bridgehead atoms. The van der Waals surface area contributed by atoms with Crippen LogP contribution in [0.3, 0.4) is 0 Å². The monoisotopic (exact) mass is 296 g/mol. The number of rotatable bonds is 7. The maximum absolute atomic E-state index is 12.8. The van der Waals surface area contributed by atoms with Crippen LogP contribution < -0.4 is 5.32 Å². The Hall–Kier alpha value is -0.910. The predicted molar refractivity (Wildman–Crippen MR) is 80.4 cm³/mol. The summed E-state index contributed by atoms with van der Waals surface area (Å²) in [6, 6.07) is 7.09. The third-order valence-electron chi connectivity index (χ3n) is 2.69. The van der Waals surface area contributed by atoms with Crippen molar-refractivity contribution < 1.29 is 4.39 Å². The average molecular weight is 296 g/mol. The van der Waals surface area contributed by atoms with Crippen molar-refractivity contribution in [3.05, 3.63) is 46.7 Å². The highest BCUT2D eigenvalue weighted by atomic mass is 32.2. The number of benzene rings is 1. The lowest BCUT2D eigenvalue weighted by molar-refractivity contribution is 0.576. The molecule has 1 unspecified atom stereocenters. The zero-order chi connectivity index (χ0) is 13.5. The van der Waals surface area contributed by atoms with E-state index >= 15 is 0 Å². The Balaban J connectivity index is 1.87. The normalized spacial score (nSPS) is 12.5. The molecule has 2 rings (SSSR count). The number of hydrogen-bond acceptors (Lipinski definition) is 4. The minimum Gasteiger partial charge on any atom is -0.313 e. The van der Waals surface area contributed by atoms with Crippen molar-refractivity contribution in [1.29, 1.82) is 0 Å². The highest BCUT2D eigenvalue weighted by molar-refractivity contribution is 7.99. The van der Waals surface area contributed by atoms with Crippen LogP contribution in [0, 0.1) is 5.82 Å². The number of thioether (sulfide) groups is 1. The van der Waals surface area contributed by atoms with E-state index in [1.165, 1.54) is 17.0 Å². The molecule has 0 aliphatic rings. The van der Waals surface area contributed by atoms with Gasteiger partial charge in [-0.3, -0.25) is 4.98 Å². The van der Waals surface area contributed by atoms with E-state index < -0.39 is 0 Å². The van der Waals surface area contributed by atoms with Crippen LogP contribution in [0.1, 0.15) is 11.8 Å². The summed E-state index contributed by atoms with van der Waals surface area (Å²) in [5, 5.41) is 3.49. The molecule has 5 heteroatoms. The van der Waals surface area contributed by atoms with E-state index in [-0.39, 0.29) is 5.82 Å². The standard InChI is InChI=1S/C14H17FN2S2/c1-2-17-12(7-14-8-16-10-19-14)9-18-13-5-3-11(15)4-6-13/h3-6,8,10,12,17H,2,7,9H2,1H3. The number of hydrogen-bond donors (Lipinski definition) is 1. The van der Waals surface area contributed by atoms with Crippen LogP contribution in [-0.2, 0) is 6.42 Å². The van der Waals surface area contributed by atoms with E-state index in [9.17, 15) is 4.39 Å². The minimum atomic E-state index is -0.183. The number of aromatic nitrogens is 1. The Morgan fingerprint density at radius 3 is 2.79 bits per heavy atom. The van der Waals surface area contributed by atoms with Crippen LogP contribution >= 0.6 is 23.1 Å². The summed E-state index contributed by atoms with van der Waals surface area (Å²) in [5.74, 6) is 0.787. The summed E-state index contributed by atoms with van der Waals surface area (Å²) in [6.45, 7) is 3.07. The van der Waals surface area contributed by atoms with Gasteiger partial charge in [-0.1, -0.05) is 6.92 Å². The first kappa shape index (κ1) is 14.5. The van der Waals surface area contributed by atoms with Gasteiger partial charge >= 0.3 is 0 Å². The molecule has 1 aromatic carbocycles. The van der Waals surface area contributed by atoms with Crippen LogP contribution in [-0.4, -0.2) is 23.3 Å². The fourth-order valence-electron chi connectivity index (χ4n) is 1.79. The SMILES string of the molecule is CCNC(CSc1ccc(F)cc1)Cc1cncs1. The summed E-state index contributed by atoms with van der Waals surface area (Å²) in [6.07, 6.45) is 2.92. The summed E-state index contributed by atoms with van der Waals surface area (Å²) < 4.78 is 12.8. The second-order valence-corrected chi connectivity index (χ2v) is 6.26. The number of likely N-dealkylation sites (N-methyl/N-ethyl adjacent to an activating group) is 1. The lowest BCUT2D eigenvalue weighted by Gasteiger charge is -2.16. The van der Waals surface area contributed by atoms with Gasteiger partial charge in [0.2, 0.25) is 0 Å². The number of thiazole rings is 1. The van der Waals surface area contributed by atoms with Gasteiger partial charge in [0.1, 0.15) is 5.82 Å². The largest absolute Gasteiger partial charge is 0.313 e. The highest BCUT2D eigenvalue weighted by Crippen LogP contribution is 2.20. The average Bonchev–Trinajstić information content (AvgIpc) is 2.91. The van der Waals surface area contributed by atoms with E-state index in [4.69, 9.17) is 0 Å². The van der Waals surface area contributed by atoms with Crippen molar-refractivity contribution in [3.63, 3.8) is 0 Å². The van der Waals surface area contributed by atoms with Crippen LogP contribution in [0.4, 0.5) is 4.39 Å². The maximum atomic E-state index is 12.8. The van der Waals surface area contributed by atoms with Crippen molar-refractivity contribution in [2.24, 2.45) is 0 Å². The number of halogens is 1. The minimum absolute atomic E-state index is 0.183. The lowest BCUT2D eigenvalue weighted by Crippen LogP contribution is -2.32. The number of nitrogens with one attached hydrogen (secondary N) is 1. The predicted octanol–water partition coefficient (Wildman–Crippen LogP) is 3.60. The Labute approximate surface area is 121 Å². The van der Waals surface area contributed by atoms with E-state index in [2.05, 4.69) is 17.2 Å².